The number of hydrogen-bond donors (Lipinski definition) is 0. The van der Waals surface area contributed by atoms with E-state index >= 15 is 0 Å². The summed E-state index contributed by atoms with van der Waals surface area (Å²) in [7, 11) is 6.56. The summed E-state index contributed by atoms with van der Waals surface area (Å²) in [5.74, 6) is 2.67. The number of benzene rings is 3. The van der Waals surface area contributed by atoms with Gasteiger partial charge < -0.3 is 0 Å². The zero-order valence-corrected chi connectivity index (χ0v) is 20.3. The number of nitrogens with zero attached hydrogens (tertiary/aromatic N) is 1. The third-order valence-electron chi connectivity index (χ3n) is 5.16. The van der Waals surface area contributed by atoms with Crippen LogP contribution in [0.4, 0.5) is 0 Å². The first-order chi connectivity index (χ1) is 15.7. The summed E-state index contributed by atoms with van der Waals surface area (Å²) in [5, 5.41) is 0. The molecule has 0 fully saturated rings. The van der Waals surface area contributed by atoms with Gasteiger partial charge >= 0.3 is 194 Å². The van der Waals surface area contributed by atoms with E-state index in [2.05, 4.69) is 36.4 Å². The first-order valence-electron chi connectivity index (χ1n) is 10.1. The van der Waals surface area contributed by atoms with Crippen LogP contribution < -0.4 is 18.9 Å². The van der Waals surface area contributed by atoms with Crippen molar-refractivity contribution in [1.29, 1.82) is 0 Å². The van der Waals surface area contributed by atoms with E-state index in [1.54, 1.807) is 28.4 Å². The van der Waals surface area contributed by atoms with Crippen molar-refractivity contribution < 1.29 is 18.9 Å². The first-order valence-corrected chi connectivity index (χ1v) is 11.9. The summed E-state index contributed by atoms with van der Waals surface area (Å²) >= 11 is 0.0513. The maximum absolute atomic E-state index is 5.60. The van der Waals surface area contributed by atoms with Crippen LogP contribution in [0.15, 0.2) is 66.7 Å². The summed E-state index contributed by atoms with van der Waals surface area (Å²) in [6.07, 6.45) is 0.828. The molecule has 6 heteroatoms. The number of rotatable bonds is 8. The van der Waals surface area contributed by atoms with Gasteiger partial charge in [-0.1, -0.05) is 0 Å². The Balaban J connectivity index is 1.85. The van der Waals surface area contributed by atoms with Gasteiger partial charge in [0.1, 0.15) is 0 Å². The molecule has 4 rings (SSSR count). The van der Waals surface area contributed by atoms with Gasteiger partial charge in [-0.2, -0.15) is 0 Å². The van der Waals surface area contributed by atoms with Gasteiger partial charge in [0.15, 0.2) is 0 Å². The van der Waals surface area contributed by atoms with Gasteiger partial charge in [-0.15, -0.1) is 0 Å². The average Bonchev–Trinajstić information content (AvgIpc) is 3.27. The molecule has 0 saturated heterocycles. The molecule has 1 heterocycles. The van der Waals surface area contributed by atoms with Crippen molar-refractivity contribution in [1.82, 2.24) is 4.98 Å². The van der Waals surface area contributed by atoms with Crippen LogP contribution in [0.2, 0.25) is 0 Å². The molecule has 0 aliphatic carbocycles. The van der Waals surface area contributed by atoms with Crippen LogP contribution in [0.5, 0.6) is 23.0 Å². The second-order valence-electron chi connectivity index (χ2n) is 7.09. The fraction of sp³-hybridized carbons (Fsp3) is 0.192. The Bertz CT molecular complexity index is 1160. The number of ether oxygens (including phenoxy) is 4. The van der Waals surface area contributed by atoms with Gasteiger partial charge in [-0.05, 0) is 0 Å². The average molecular weight is 494 g/mol. The van der Waals surface area contributed by atoms with E-state index in [1.807, 2.05) is 30.3 Å². The van der Waals surface area contributed by atoms with Gasteiger partial charge in [-0.3, -0.25) is 0 Å². The third-order valence-corrected chi connectivity index (χ3v) is 7.48. The standard InChI is InChI=1S/C26H25NO4Se/c1-28-20-12-10-18(11-13-20)24-26(32-23(27-24)14-17-8-6-5-7-9-17)19-15-21(29-2)25(31-4)22(16-19)30-3/h5-13,15-16H,14H2,1-4H3. The van der Waals surface area contributed by atoms with Gasteiger partial charge in [-0.25, -0.2) is 0 Å². The molecule has 0 spiro atoms. The number of aromatic nitrogens is 1. The predicted octanol–water partition coefficient (Wildman–Crippen LogP) is 5.10. The van der Waals surface area contributed by atoms with E-state index in [0.29, 0.717) is 17.2 Å². The number of hydrogen-bond acceptors (Lipinski definition) is 5. The summed E-state index contributed by atoms with van der Waals surface area (Å²) in [6.45, 7) is 0. The molecule has 4 aromatic rings. The van der Waals surface area contributed by atoms with E-state index in [0.717, 1.165) is 29.0 Å². The molecule has 0 aliphatic heterocycles. The Hall–Kier alpha value is -3.21. The molecule has 164 valence electrons. The summed E-state index contributed by atoms with van der Waals surface area (Å²) in [5.41, 5.74) is 4.32. The zero-order valence-electron chi connectivity index (χ0n) is 18.5. The van der Waals surface area contributed by atoms with Crippen LogP contribution in [-0.4, -0.2) is 47.9 Å². The van der Waals surface area contributed by atoms with E-state index in [4.69, 9.17) is 23.9 Å². The Morgan fingerprint density at radius 3 is 1.94 bits per heavy atom. The van der Waals surface area contributed by atoms with Gasteiger partial charge in [0, 0.05) is 0 Å². The topological polar surface area (TPSA) is 49.8 Å². The van der Waals surface area contributed by atoms with Gasteiger partial charge in [0.05, 0.1) is 0 Å². The Morgan fingerprint density at radius 1 is 0.719 bits per heavy atom. The van der Waals surface area contributed by atoms with E-state index in [-0.39, 0.29) is 14.5 Å². The molecule has 0 radical (unpaired) electrons. The molecule has 32 heavy (non-hydrogen) atoms. The van der Waals surface area contributed by atoms with Crippen molar-refractivity contribution >= 4 is 14.5 Å². The molecule has 0 aliphatic rings. The summed E-state index contributed by atoms with van der Waals surface area (Å²) in [4.78, 5) is 5.09. The molecule has 0 amide bonds. The summed E-state index contributed by atoms with van der Waals surface area (Å²) in [6, 6.07) is 22.5. The fourth-order valence-electron chi connectivity index (χ4n) is 3.56. The van der Waals surface area contributed by atoms with E-state index in [1.165, 1.54) is 14.6 Å². The van der Waals surface area contributed by atoms with Crippen molar-refractivity contribution in [2.24, 2.45) is 0 Å². The van der Waals surface area contributed by atoms with Crippen LogP contribution in [-0.2, 0) is 6.42 Å². The zero-order chi connectivity index (χ0) is 22.5. The van der Waals surface area contributed by atoms with Crippen LogP contribution in [0.1, 0.15) is 10.1 Å². The van der Waals surface area contributed by atoms with E-state index in [9.17, 15) is 0 Å². The van der Waals surface area contributed by atoms with Crippen molar-refractivity contribution in [3.05, 3.63) is 76.9 Å². The van der Waals surface area contributed by atoms with Crippen LogP contribution in [0.25, 0.3) is 21.3 Å². The van der Waals surface area contributed by atoms with Crippen molar-refractivity contribution in [3.63, 3.8) is 0 Å². The first kappa shape index (κ1) is 22.0. The second-order valence-corrected chi connectivity index (χ2v) is 9.36. The Kier molecular flexibility index (Phi) is 6.83. The van der Waals surface area contributed by atoms with Crippen molar-refractivity contribution in [2.75, 3.05) is 28.4 Å². The maximum atomic E-state index is 5.60. The van der Waals surface area contributed by atoms with Crippen LogP contribution in [0.3, 0.4) is 0 Å². The Labute approximate surface area is 194 Å². The van der Waals surface area contributed by atoms with Crippen LogP contribution >= 0.6 is 0 Å². The predicted molar refractivity (Wildman–Crippen MR) is 128 cm³/mol. The number of methoxy groups -OCH3 is 4. The molecule has 0 bridgehead atoms. The summed E-state index contributed by atoms with van der Waals surface area (Å²) < 4.78 is 24.4. The fourth-order valence-corrected chi connectivity index (χ4v) is 5.89. The van der Waals surface area contributed by atoms with E-state index < -0.39 is 0 Å². The SMILES string of the molecule is COc1ccc(-c2nc(Cc3ccccc3)[se]c2-c2cc(OC)c(OC)c(OC)c2)cc1. The van der Waals surface area contributed by atoms with Crippen molar-refractivity contribution in [3.8, 4) is 44.3 Å². The quantitative estimate of drug-likeness (QED) is 0.319. The molecule has 5 nitrogen and oxygen atoms in total. The molecular formula is C26H25NO4Se. The minimum absolute atomic E-state index is 0.0513. The molecule has 0 unspecified atom stereocenters. The molecular weight excluding hydrogens is 469 g/mol. The normalized spacial score (nSPS) is 10.6. The van der Waals surface area contributed by atoms with Gasteiger partial charge in [0.2, 0.25) is 0 Å². The van der Waals surface area contributed by atoms with Gasteiger partial charge in [0.25, 0.3) is 0 Å². The second kappa shape index (κ2) is 9.94. The third kappa shape index (κ3) is 4.52. The monoisotopic (exact) mass is 495 g/mol. The minimum atomic E-state index is 0.0513. The van der Waals surface area contributed by atoms with Crippen molar-refractivity contribution in [2.45, 2.75) is 6.42 Å². The van der Waals surface area contributed by atoms with Crippen LogP contribution in [0, 0.1) is 0 Å². The molecule has 0 N–H and O–H groups in total. The molecule has 0 saturated carbocycles. The molecule has 0 atom stereocenters. The molecule has 1 aromatic heterocycles. The Morgan fingerprint density at radius 2 is 1.38 bits per heavy atom. The molecule has 3 aromatic carbocycles.